The van der Waals surface area contributed by atoms with Crippen molar-refractivity contribution >= 4 is 17.0 Å². The maximum Gasteiger partial charge on any atom is 0.339 e. The van der Waals surface area contributed by atoms with Crippen molar-refractivity contribution < 1.29 is 9.53 Å². The van der Waals surface area contributed by atoms with Gasteiger partial charge in [-0.2, -0.15) is 5.10 Å². The van der Waals surface area contributed by atoms with Crippen LogP contribution in [0.3, 0.4) is 0 Å². The van der Waals surface area contributed by atoms with Crippen LogP contribution in [0, 0.1) is 6.92 Å². The Balaban J connectivity index is 2.24. The van der Waals surface area contributed by atoms with Gasteiger partial charge >= 0.3 is 5.97 Å². The van der Waals surface area contributed by atoms with E-state index in [0.29, 0.717) is 12.2 Å². The van der Waals surface area contributed by atoms with Gasteiger partial charge in [-0.1, -0.05) is 13.3 Å². The van der Waals surface area contributed by atoms with Gasteiger partial charge in [0.15, 0.2) is 5.65 Å². The van der Waals surface area contributed by atoms with Crippen LogP contribution in [0.5, 0.6) is 0 Å². The average molecular weight is 247 g/mol. The molecule has 0 fully saturated rings. The summed E-state index contributed by atoms with van der Waals surface area (Å²) in [7, 11) is 1.83. The third-order valence-corrected chi connectivity index (χ3v) is 2.83. The zero-order valence-electron chi connectivity index (χ0n) is 10.9. The molecule has 0 atom stereocenters. The molecule has 0 unspecified atom stereocenters. The predicted molar refractivity (Wildman–Crippen MR) is 68.4 cm³/mol. The van der Waals surface area contributed by atoms with Gasteiger partial charge in [0.05, 0.1) is 17.9 Å². The first-order valence-electron chi connectivity index (χ1n) is 6.10. The van der Waals surface area contributed by atoms with E-state index in [-0.39, 0.29) is 5.97 Å². The predicted octanol–water partition coefficient (Wildman–Crippen LogP) is 2.23. The molecule has 0 aliphatic carbocycles. The molecule has 2 heterocycles. The third-order valence-electron chi connectivity index (χ3n) is 2.83. The molecular weight excluding hydrogens is 230 g/mol. The summed E-state index contributed by atoms with van der Waals surface area (Å²) < 4.78 is 6.86. The van der Waals surface area contributed by atoms with E-state index < -0.39 is 0 Å². The van der Waals surface area contributed by atoms with Crippen LogP contribution in [0.4, 0.5) is 0 Å². The quantitative estimate of drug-likeness (QED) is 0.614. The largest absolute Gasteiger partial charge is 0.462 e. The number of ether oxygens (including phenoxy) is 1. The van der Waals surface area contributed by atoms with Gasteiger partial charge < -0.3 is 4.74 Å². The summed E-state index contributed by atoms with van der Waals surface area (Å²) in [6.45, 7) is 4.41. The van der Waals surface area contributed by atoms with Crippen LogP contribution in [0.15, 0.2) is 12.3 Å². The second-order valence-electron chi connectivity index (χ2n) is 4.29. The molecule has 5 nitrogen and oxygen atoms in total. The van der Waals surface area contributed by atoms with Gasteiger partial charge in [0.1, 0.15) is 0 Å². The fourth-order valence-electron chi connectivity index (χ4n) is 1.81. The first-order valence-corrected chi connectivity index (χ1v) is 6.10. The molecule has 0 bridgehead atoms. The molecular formula is C13H17N3O2. The lowest BCUT2D eigenvalue weighted by atomic mass is 10.2. The lowest BCUT2D eigenvalue weighted by Gasteiger charge is -2.03. The molecule has 0 saturated carbocycles. The fraction of sp³-hybridized carbons (Fsp3) is 0.462. The molecule has 2 rings (SSSR count). The summed E-state index contributed by atoms with van der Waals surface area (Å²) in [4.78, 5) is 16.0. The van der Waals surface area contributed by atoms with Crippen molar-refractivity contribution in [2.24, 2.45) is 7.05 Å². The smallest absolute Gasteiger partial charge is 0.339 e. The van der Waals surface area contributed by atoms with Gasteiger partial charge in [0.2, 0.25) is 0 Å². The highest BCUT2D eigenvalue weighted by atomic mass is 16.5. The number of pyridine rings is 1. The van der Waals surface area contributed by atoms with E-state index in [1.807, 2.05) is 14.0 Å². The molecule has 0 aliphatic heterocycles. The zero-order chi connectivity index (χ0) is 13.1. The van der Waals surface area contributed by atoms with Crippen molar-refractivity contribution in [3.63, 3.8) is 0 Å². The summed E-state index contributed by atoms with van der Waals surface area (Å²) in [6.07, 6.45) is 3.43. The van der Waals surface area contributed by atoms with E-state index in [0.717, 1.165) is 29.6 Å². The third kappa shape index (κ3) is 2.34. The van der Waals surface area contributed by atoms with E-state index in [2.05, 4.69) is 17.0 Å². The number of hydrogen-bond donors (Lipinski definition) is 0. The van der Waals surface area contributed by atoms with Gasteiger partial charge in [-0.3, -0.25) is 4.68 Å². The van der Waals surface area contributed by atoms with Crippen molar-refractivity contribution in [1.82, 2.24) is 14.8 Å². The van der Waals surface area contributed by atoms with E-state index in [4.69, 9.17) is 4.74 Å². The van der Waals surface area contributed by atoms with Crippen LogP contribution in [-0.2, 0) is 11.8 Å². The molecule has 0 amide bonds. The zero-order valence-corrected chi connectivity index (χ0v) is 10.9. The van der Waals surface area contributed by atoms with Gasteiger partial charge in [0, 0.05) is 18.6 Å². The lowest BCUT2D eigenvalue weighted by molar-refractivity contribution is 0.0499. The number of carbonyl (C=O) groups excluding carboxylic acids is 1. The standard InChI is InChI=1S/C13H17N3O2/c1-4-5-6-18-13(17)10-7-11-9(2)15-16(3)12(11)14-8-10/h7-8H,4-6H2,1-3H3. The van der Waals surface area contributed by atoms with E-state index in [1.54, 1.807) is 10.7 Å². The van der Waals surface area contributed by atoms with Crippen LogP contribution in [0.25, 0.3) is 11.0 Å². The summed E-state index contributed by atoms with van der Waals surface area (Å²) in [5.74, 6) is -0.318. The Kier molecular flexibility index (Phi) is 3.60. The molecule has 2 aromatic heterocycles. The van der Waals surface area contributed by atoms with Gasteiger partial charge in [-0.05, 0) is 19.4 Å². The monoisotopic (exact) mass is 247 g/mol. The molecule has 2 aromatic rings. The maximum atomic E-state index is 11.8. The van der Waals surface area contributed by atoms with Crippen molar-refractivity contribution in [1.29, 1.82) is 0 Å². The Morgan fingerprint density at radius 2 is 2.28 bits per heavy atom. The minimum Gasteiger partial charge on any atom is -0.462 e. The maximum absolute atomic E-state index is 11.8. The molecule has 5 heteroatoms. The number of hydrogen-bond acceptors (Lipinski definition) is 4. The van der Waals surface area contributed by atoms with Gasteiger partial charge in [-0.25, -0.2) is 9.78 Å². The Morgan fingerprint density at radius 3 is 3.00 bits per heavy atom. The number of nitrogens with zero attached hydrogens (tertiary/aromatic N) is 3. The summed E-state index contributed by atoms with van der Waals surface area (Å²) >= 11 is 0. The van der Waals surface area contributed by atoms with Crippen molar-refractivity contribution in [2.45, 2.75) is 26.7 Å². The van der Waals surface area contributed by atoms with Crippen LogP contribution in [0.2, 0.25) is 0 Å². The molecule has 0 N–H and O–H groups in total. The van der Waals surface area contributed by atoms with E-state index in [9.17, 15) is 4.79 Å². The number of aryl methyl sites for hydroxylation is 2. The Bertz CT molecular complexity index is 575. The molecule has 0 saturated heterocycles. The minimum atomic E-state index is -0.318. The van der Waals surface area contributed by atoms with Crippen LogP contribution in [-0.4, -0.2) is 27.3 Å². The highest BCUT2D eigenvalue weighted by molar-refractivity contribution is 5.93. The van der Waals surface area contributed by atoms with E-state index in [1.165, 1.54) is 6.20 Å². The second-order valence-corrected chi connectivity index (χ2v) is 4.29. The van der Waals surface area contributed by atoms with Gasteiger partial charge in [-0.15, -0.1) is 0 Å². The average Bonchev–Trinajstić information content (AvgIpc) is 2.65. The number of rotatable bonds is 4. The molecule has 0 aromatic carbocycles. The van der Waals surface area contributed by atoms with Crippen molar-refractivity contribution in [3.8, 4) is 0 Å². The summed E-state index contributed by atoms with van der Waals surface area (Å²) in [6, 6.07) is 1.79. The first kappa shape index (κ1) is 12.5. The number of fused-ring (bicyclic) bond motifs is 1. The summed E-state index contributed by atoms with van der Waals surface area (Å²) in [5.41, 5.74) is 2.12. The molecule has 0 radical (unpaired) electrons. The molecule has 0 spiro atoms. The minimum absolute atomic E-state index is 0.318. The number of esters is 1. The lowest BCUT2D eigenvalue weighted by Crippen LogP contribution is -2.07. The van der Waals surface area contributed by atoms with Crippen LogP contribution >= 0.6 is 0 Å². The Hall–Kier alpha value is -1.91. The molecule has 18 heavy (non-hydrogen) atoms. The Labute approximate surface area is 106 Å². The second kappa shape index (κ2) is 5.16. The normalized spacial score (nSPS) is 10.8. The Morgan fingerprint density at radius 1 is 1.50 bits per heavy atom. The van der Waals surface area contributed by atoms with Crippen molar-refractivity contribution in [2.75, 3.05) is 6.61 Å². The van der Waals surface area contributed by atoms with E-state index >= 15 is 0 Å². The van der Waals surface area contributed by atoms with Crippen LogP contribution < -0.4 is 0 Å². The SMILES string of the molecule is CCCCOC(=O)c1cnc2c(c1)c(C)nn2C. The highest BCUT2D eigenvalue weighted by Crippen LogP contribution is 2.17. The molecule has 96 valence electrons. The van der Waals surface area contributed by atoms with Gasteiger partial charge in [0.25, 0.3) is 0 Å². The number of aromatic nitrogens is 3. The topological polar surface area (TPSA) is 57.0 Å². The first-order chi connectivity index (χ1) is 8.63. The molecule has 0 aliphatic rings. The summed E-state index contributed by atoms with van der Waals surface area (Å²) in [5, 5.41) is 5.16. The van der Waals surface area contributed by atoms with Crippen LogP contribution in [0.1, 0.15) is 35.8 Å². The van der Waals surface area contributed by atoms with Crippen molar-refractivity contribution in [3.05, 3.63) is 23.5 Å². The highest BCUT2D eigenvalue weighted by Gasteiger charge is 2.12. The fourth-order valence-corrected chi connectivity index (χ4v) is 1.81. The number of carbonyl (C=O) groups is 1. The number of unbranched alkanes of at least 4 members (excludes halogenated alkanes) is 1.